The molecule has 3 unspecified atom stereocenters. The van der Waals surface area contributed by atoms with Gasteiger partial charge in [0.2, 0.25) is 5.91 Å². The van der Waals surface area contributed by atoms with Gasteiger partial charge in [-0.15, -0.1) is 0 Å². The van der Waals surface area contributed by atoms with E-state index >= 15 is 0 Å². The van der Waals surface area contributed by atoms with Gasteiger partial charge in [-0.3, -0.25) is 14.2 Å². The fourth-order valence-electron chi connectivity index (χ4n) is 10.4. The van der Waals surface area contributed by atoms with Crippen molar-refractivity contribution in [3.8, 4) is 0 Å². The predicted octanol–water partition coefficient (Wildman–Crippen LogP) is 22.3. The van der Waals surface area contributed by atoms with Crippen LogP contribution in [0.5, 0.6) is 0 Å². The van der Waals surface area contributed by atoms with Crippen LogP contribution >= 0.6 is 7.82 Å². The number of phosphoric ester groups is 1. The van der Waals surface area contributed by atoms with Crippen molar-refractivity contribution in [1.82, 2.24) is 5.32 Å². The highest BCUT2D eigenvalue weighted by atomic mass is 31.2. The van der Waals surface area contributed by atoms with Gasteiger partial charge in [-0.2, -0.15) is 0 Å². The predicted molar refractivity (Wildman–Crippen MR) is 367 cm³/mol. The molecule has 0 bridgehead atoms. The van der Waals surface area contributed by atoms with Crippen molar-refractivity contribution in [2.45, 2.75) is 341 Å². The van der Waals surface area contributed by atoms with Crippen molar-refractivity contribution in [2.75, 3.05) is 40.9 Å². The summed E-state index contributed by atoms with van der Waals surface area (Å²) in [6.07, 6.45) is 85.6. The fourth-order valence-corrected chi connectivity index (χ4v) is 11.1. The number of allylic oxidation sites excluding steroid dienone is 13. The second-order valence-corrected chi connectivity index (χ2v) is 26.8. The average molecular weight is 1210 g/mol. The van der Waals surface area contributed by atoms with Crippen LogP contribution in [0.25, 0.3) is 0 Å². The highest BCUT2D eigenvalue weighted by Gasteiger charge is 2.27. The van der Waals surface area contributed by atoms with E-state index in [0.717, 1.165) is 109 Å². The number of likely N-dealkylation sites (N-methyl/N-ethyl adjacent to an activating group) is 1. The SMILES string of the molecule is CC/C=C\C/C=C\C/C=C\C/C=C\C/C=C\C/C=C\CCCCCCCCCCC(=O)NC(COP(=O)([O-])OCC[N+](C)(C)C)C(/C=C\CCCCCCCCCCCCC)OC(=O)CCCCCCCCCCCCCCCCCCCCC. The number of ether oxygens (including phenoxy) is 1. The van der Waals surface area contributed by atoms with Gasteiger partial charge >= 0.3 is 5.97 Å². The van der Waals surface area contributed by atoms with E-state index in [1.165, 1.54) is 186 Å². The molecule has 0 aromatic heterocycles. The maximum absolute atomic E-state index is 13.6. The summed E-state index contributed by atoms with van der Waals surface area (Å²) in [6, 6.07) is -0.896. The average Bonchev–Trinajstić information content (AvgIpc) is 3.53. The van der Waals surface area contributed by atoms with E-state index in [1.807, 2.05) is 33.3 Å². The minimum Gasteiger partial charge on any atom is -0.756 e. The van der Waals surface area contributed by atoms with Crippen LogP contribution in [0.2, 0.25) is 0 Å². The number of unbranched alkanes of at least 4 members (excludes halogenated alkanes) is 37. The molecule has 0 saturated carbocycles. The van der Waals surface area contributed by atoms with E-state index in [2.05, 4.69) is 99.0 Å². The Balaban J connectivity index is 5.10. The highest BCUT2D eigenvalue weighted by molar-refractivity contribution is 7.45. The number of nitrogens with one attached hydrogen (secondary N) is 1. The molecule has 0 rings (SSSR count). The highest BCUT2D eigenvalue weighted by Crippen LogP contribution is 2.38. The van der Waals surface area contributed by atoms with Crippen molar-refractivity contribution < 1.29 is 37.3 Å². The number of amides is 1. The summed E-state index contributed by atoms with van der Waals surface area (Å²) in [5.41, 5.74) is 0. The molecule has 3 atom stereocenters. The Morgan fingerprint density at radius 3 is 1.13 bits per heavy atom. The standard InChI is InChI=1S/C75H137N2O7P/c1-7-10-13-16-19-22-25-28-30-32-34-35-36-37-38-39-40-41-43-44-46-49-52-55-58-61-64-67-74(78)76-72(71-83-85(80,81)82-70-69-77(4,5)6)73(66-63-60-57-54-51-48-27-24-21-18-15-12-9-3)84-75(79)68-65-62-59-56-53-50-47-45-42-33-31-29-26-23-20-17-14-11-8-2/h10,13,19,22,28,30,34-35,37-38,40-41,63,66,72-73H,7-9,11-12,14-18,20-21,23-27,29,31-33,36,39,42-62,64-65,67-71H2,1-6H3,(H-,76,78,80,81)/b13-10-,22-19-,30-28-,35-34-,38-37-,41-40-,66-63-. The first-order chi connectivity index (χ1) is 41.4. The second kappa shape index (κ2) is 64.2. The first kappa shape index (κ1) is 82.2. The van der Waals surface area contributed by atoms with E-state index in [9.17, 15) is 19.0 Å². The van der Waals surface area contributed by atoms with Crippen LogP contribution in [-0.4, -0.2) is 69.4 Å². The zero-order valence-corrected chi connectivity index (χ0v) is 57.4. The summed E-state index contributed by atoms with van der Waals surface area (Å²) in [4.78, 5) is 40.2. The van der Waals surface area contributed by atoms with Gasteiger partial charge in [0.25, 0.3) is 7.82 Å². The lowest BCUT2D eigenvalue weighted by Crippen LogP contribution is -2.47. The van der Waals surface area contributed by atoms with Crippen LogP contribution in [0.3, 0.4) is 0 Å². The topological polar surface area (TPSA) is 114 Å². The maximum atomic E-state index is 13.6. The van der Waals surface area contributed by atoms with E-state index in [1.54, 1.807) is 0 Å². The molecule has 0 aliphatic heterocycles. The zero-order chi connectivity index (χ0) is 62.1. The zero-order valence-electron chi connectivity index (χ0n) is 56.6. The van der Waals surface area contributed by atoms with Crippen molar-refractivity contribution in [1.29, 1.82) is 0 Å². The molecule has 0 aromatic carbocycles. The van der Waals surface area contributed by atoms with Crippen LogP contribution in [0.1, 0.15) is 329 Å². The molecule has 0 spiro atoms. The van der Waals surface area contributed by atoms with Gasteiger partial charge in [0.15, 0.2) is 0 Å². The van der Waals surface area contributed by atoms with E-state index < -0.39 is 26.6 Å². The molecule has 0 saturated heterocycles. The lowest BCUT2D eigenvalue weighted by molar-refractivity contribution is -0.870. The number of quaternary nitrogens is 1. The minimum absolute atomic E-state index is 0.0255. The van der Waals surface area contributed by atoms with E-state index in [4.69, 9.17) is 13.8 Å². The largest absolute Gasteiger partial charge is 0.756 e. The van der Waals surface area contributed by atoms with Gasteiger partial charge in [0.05, 0.1) is 33.8 Å². The fraction of sp³-hybridized carbons (Fsp3) is 0.787. The molecule has 494 valence electrons. The van der Waals surface area contributed by atoms with Gasteiger partial charge in [-0.1, -0.05) is 318 Å². The number of carbonyl (C=O) groups is 2. The summed E-state index contributed by atoms with van der Waals surface area (Å²) < 4.78 is 30.5. The van der Waals surface area contributed by atoms with Crippen molar-refractivity contribution in [3.63, 3.8) is 0 Å². The van der Waals surface area contributed by atoms with Crippen LogP contribution in [0.15, 0.2) is 85.1 Å². The number of esters is 1. The van der Waals surface area contributed by atoms with Gasteiger partial charge in [-0.05, 0) is 83.1 Å². The second-order valence-electron chi connectivity index (χ2n) is 25.4. The smallest absolute Gasteiger partial charge is 0.306 e. The van der Waals surface area contributed by atoms with Crippen LogP contribution < -0.4 is 10.2 Å². The number of hydrogen-bond acceptors (Lipinski definition) is 7. The van der Waals surface area contributed by atoms with Crippen LogP contribution in [0.4, 0.5) is 0 Å². The Morgan fingerprint density at radius 2 is 0.753 bits per heavy atom. The number of hydrogen-bond donors (Lipinski definition) is 1. The summed E-state index contributed by atoms with van der Waals surface area (Å²) >= 11 is 0. The third-order valence-electron chi connectivity index (χ3n) is 15.8. The summed E-state index contributed by atoms with van der Waals surface area (Å²) in [7, 11) is 1.18. The first-order valence-electron chi connectivity index (χ1n) is 35.9. The third-order valence-corrected chi connectivity index (χ3v) is 16.8. The molecule has 10 heteroatoms. The molecule has 0 aliphatic rings. The van der Waals surface area contributed by atoms with Crippen molar-refractivity contribution >= 4 is 19.7 Å². The summed E-state index contributed by atoms with van der Waals surface area (Å²) in [5, 5.41) is 3.04. The lowest BCUT2D eigenvalue weighted by Gasteiger charge is -2.30. The van der Waals surface area contributed by atoms with Gasteiger partial charge in [0.1, 0.15) is 19.3 Å². The maximum Gasteiger partial charge on any atom is 0.306 e. The quantitative estimate of drug-likeness (QED) is 0.0212. The minimum atomic E-state index is -4.71. The third kappa shape index (κ3) is 65.5. The molecule has 0 aliphatic carbocycles. The molecule has 9 nitrogen and oxygen atoms in total. The number of rotatable bonds is 65. The molecule has 1 N–H and O–H groups in total. The molecule has 0 aromatic rings. The van der Waals surface area contributed by atoms with Crippen molar-refractivity contribution in [3.05, 3.63) is 85.1 Å². The Kier molecular flexibility index (Phi) is 62.1. The lowest BCUT2D eigenvalue weighted by atomic mass is 10.0. The molecule has 0 radical (unpaired) electrons. The Labute approximate surface area is 526 Å². The van der Waals surface area contributed by atoms with Crippen molar-refractivity contribution in [2.24, 2.45) is 0 Å². The van der Waals surface area contributed by atoms with Crippen LogP contribution in [0, 0.1) is 0 Å². The Morgan fingerprint density at radius 1 is 0.424 bits per heavy atom. The Hall–Kier alpha value is -2.81. The molecule has 0 heterocycles. The van der Waals surface area contributed by atoms with E-state index in [-0.39, 0.29) is 24.9 Å². The number of phosphoric acid groups is 1. The van der Waals surface area contributed by atoms with Crippen LogP contribution in [-0.2, 0) is 27.9 Å². The molecular formula is C75H137N2O7P. The Bertz CT molecular complexity index is 1730. The number of carbonyl (C=O) groups excluding carboxylic acids is 2. The monoisotopic (exact) mass is 1210 g/mol. The van der Waals surface area contributed by atoms with Gasteiger partial charge in [0, 0.05) is 12.8 Å². The molecule has 0 fully saturated rings. The van der Waals surface area contributed by atoms with E-state index in [0.29, 0.717) is 17.4 Å². The molecule has 85 heavy (non-hydrogen) atoms. The number of nitrogens with zero attached hydrogens (tertiary/aromatic N) is 1. The molecule has 1 amide bonds. The molecular weight excluding hydrogens is 1070 g/mol. The van der Waals surface area contributed by atoms with Gasteiger partial charge < -0.3 is 28.5 Å². The first-order valence-corrected chi connectivity index (χ1v) is 37.4. The summed E-state index contributed by atoms with van der Waals surface area (Å²) in [6.45, 7) is 6.76. The summed E-state index contributed by atoms with van der Waals surface area (Å²) in [5.74, 6) is -0.540. The normalized spacial score (nSPS) is 14.0. The van der Waals surface area contributed by atoms with Gasteiger partial charge in [-0.25, -0.2) is 0 Å².